The first-order chi connectivity index (χ1) is 29.8. The molecule has 2 atom stereocenters. The lowest BCUT2D eigenvalue weighted by Gasteiger charge is -2.39. The molecule has 0 aliphatic heterocycles. The molecule has 0 saturated carbocycles. The first kappa shape index (κ1) is 34.4. The topological polar surface area (TPSA) is 30.0 Å². The highest BCUT2D eigenvalue weighted by atomic mass is 16.1. The molecule has 0 saturated heterocycles. The minimum Gasteiger partial charge on any atom is -0.296 e. The maximum atomic E-state index is 17.5. The summed E-state index contributed by atoms with van der Waals surface area (Å²) in [7, 11) is 0. The van der Waals surface area contributed by atoms with E-state index in [9.17, 15) is 0 Å². The van der Waals surface area contributed by atoms with Crippen molar-refractivity contribution >= 4 is 27.5 Å². The summed E-state index contributed by atoms with van der Waals surface area (Å²) in [5.74, 6) is 0.150. The zero-order chi connectivity index (χ0) is 39.8. The van der Waals surface area contributed by atoms with Gasteiger partial charge in [0.25, 0.3) is 0 Å². The van der Waals surface area contributed by atoms with Gasteiger partial charge in [-0.3, -0.25) is 9.78 Å². The van der Waals surface area contributed by atoms with Crippen molar-refractivity contribution in [1.29, 1.82) is 0 Å². The zero-order valence-electron chi connectivity index (χ0n) is 32.7. The molecule has 60 heavy (non-hydrogen) atoms. The number of nitrogens with zero attached hydrogens (tertiary/aromatic N) is 1. The molecule has 12 rings (SSSR count). The van der Waals surface area contributed by atoms with Crippen LogP contribution in [0.3, 0.4) is 0 Å². The number of aromatic nitrogens is 1. The van der Waals surface area contributed by atoms with Gasteiger partial charge in [-0.25, -0.2) is 0 Å². The van der Waals surface area contributed by atoms with E-state index in [-0.39, 0.29) is 5.78 Å². The minimum absolute atomic E-state index is 0.150. The highest BCUT2D eigenvalue weighted by Crippen LogP contribution is 2.72. The average molecular weight is 764 g/mol. The van der Waals surface area contributed by atoms with Crippen molar-refractivity contribution in [2.24, 2.45) is 0 Å². The van der Waals surface area contributed by atoms with Crippen LogP contribution in [0.5, 0.6) is 0 Å². The van der Waals surface area contributed by atoms with Crippen molar-refractivity contribution < 1.29 is 4.79 Å². The van der Waals surface area contributed by atoms with Gasteiger partial charge in [-0.1, -0.05) is 212 Å². The summed E-state index contributed by atoms with van der Waals surface area (Å²) in [6.45, 7) is 0. The molecule has 2 nitrogen and oxygen atoms in total. The summed E-state index contributed by atoms with van der Waals surface area (Å²) in [6, 6.07) is 77.3. The smallest absolute Gasteiger partial charge is 0.171 e. The van der Waals surface area contributed by atoms with E-state index in [1.807, 2.05) is 12.3 Å². The largest absolute Gasteiger partial charge is 0.296 e. The molecule has 0 fully saturated rings. The number of hydrogen-bond donors (Lipinski definition) is 0. The number of ketones is 1. The minimum atomic E-state index is -1.24. The van der Waals surface area contributed by atoms with Crippen LogP contribution in [0.15, 0.2) is 225 Å². The van der Waals surface area contributed by atoms with Crippen molar-refractivity contribution in [3.63, 3.8) is 0 Å². The number of Topliss-reactive ketones (excluding diaryl/α,β-unsaturated/α-hetero) is 1. The van der Waals surface area contributed by atoms with Gasteiger partial charge in [0.15, 0.2) is 5.78 Å². The third kappa shape index (κ3) is 4.42. The quantitative estimate of drug-likeness (QED) is 0.158. The Balaban J connectivity index is 1.47. The molecule has 0 spiro atoms. The third-order valence-corrected chi connectivity index (χ3v) is 13.1. The number of rotatable bonds is 6. The van der Waals surface area contributed by atoms with Crippen LogP contribution in [0.1, 0.15) is 33.4 Å². The molecule has 2 bridgehead atoms. The summed E-state index contributed by atoms with van der Waals surface area (Å²) in [5, 5.41) is 3.09. The molecule has 2 heteroatoms. The van der Waals surface area contributed by atoms with Crippen LogP contribution in [-0.2, 0) is 15.6 Å². The van der Waals surface area contributed by atoms with Crippen LogP contribution in [0.4, 0.5) is 0 Å². The van der Waals surface area contributed by atoms with Crippen LogP contribution in [0.25, 0.3) is 66.2 Å². The van der Waals surface area contributed by atoms with E-state index in [2.05, 4.69) is 212 Å². The Bertz CT molecular complexity index is 3070. The van der Waals surface area contributed by atoms with E-state index in [0.717, 1.165) is 99.6 Å². The second-order valence-corrected chi connectivity index (χ2v) is 16.0. The van der Waals surface area contributed by atoms with E-state index >= 15 is 4.79 Å². The fourth-order valence-corrected chi connectivity index (χ4v) is 11.1. The van der Waals surface area contributed by atoms with Crippen molar-refractivity contribution in [3.05, 3.63) is 258 Å². The maximum absolute atomic E-state index is 17.5. The number of carbonyl (C=O) groups is 1. The zero-order valence-corrected chi connectivity index (χ0v) is 32.7. The Morgan fingerprint density at radius 1 is 0.300 bits per heavy atom. The Morgan fingerprint density at radius 3 is 1.07 bits per heavy atom. The molecule has 2 aliphatic carbocycles. The third-order valence-electron chi connectivity index (χ3n) is 13.1. The van der Waals surface area contributed by atoms with Gasteiger partial charge in [-0.2, -0.15) is 0 Å². The lowest BCUT2D eigenvalue weighted by atomic mass is 9.61. The fraction of sp³-hybridized carbons (Fsp3) is 0.0345. The predicted molar refractivity (Wildman–Crippen MR) is 245 cm³/mol. The summed E-state index contributed by atoms with van der Waals surface area (Å²) in [5.41, 5.74) is 13.2. The second kappa shape index (κ2) is 13.2. The Labute approximate surface area is 349 Å². The molecular formula is C58H37NO. The van der Waals surface area contributed by atoms with E-state index < -0.39 is 10.8 Å². The number of carbonyl (C=O) groups excluding carboxylic acids is 1. The Hall–Kier alpha value is -7.68. The number of hydrogen-bond acceptors (Lipinski definition) is 2. The van der Waals surface area contributed by atoms with Crippen LogP contribution >= 0.6 is 0 Å². The molecule has 280 valence electrons. The molecule has 0 radical (unpaired) electrons. The summed E-state index contributed by atoms with van der Waals surface area (Å²) in [4.78, 5) is 22.6. The first-order valence-electron chi connectivity index (χ1n) is 20.7. The van der Waals surface area contributed by atoms with E-state index in [4.69, 9.17) is 4.98 Å². The molecule has 10 aromatic rings. The standard InChI is InChI=1S/C58H37NO/c60-56-57(42-30-15-5-16-31-42)51-44-34-19-20-35-45(44)55-46(36-21-37-59-55)52(51)58(56,43-32-17-6-18-33-43)54-50(41-28-13-4-14-29-41)48(39-24-9-2-10-25-39)47(38-22-7-1-8-23-38)49(53(54)57)40-26-11-3-12-27-40/h1-37H/t57-,58+/m1/s1. The SMILES string of the molecule is O=C1[C@]2(c3ccccc3)c3c(-c4ccccc4)c(-c4ccccc4)c(-c4ccccc4)c(-c4ccccc4)c3[C@@]1(c1ccccc1)c1c2c2cccnc2c2ccccc12. The maximum Gasteiger partial charge on any atom is 0.171 e. The van der Waals surface area contributed by atoms with Crippen molar-refractivity contribution in [2.45, 2.75) is 10.8 Å². The van der Waals surface area contributed by atoms with Gasteiger partial charge in [0.05, 0.1) is 5.52 Å². The normalized spacial score (nSPS) is 17.5. The molecule has 0 N–H and O–H groups in total. The summed E-state index contributed by atoms with van der Waals surface area (Å²) < 4.78 is 0. The van der Waals surface area contributed by atoms with Gasteiger partial charge >= 0.3 is 0 Å². The highest BCUT2D eigenvalue weighted by Gasteiger charge is 2.72. The van der Waals surface area contributed by atoms with Gasteiger partial charge in [-0.15, -0.1) is 0 Å². The second-order valence-electron chi connectivity index (χ2n) is 16.0. The van der Waals surface area contributed by atoms with Gasteiger partial charge in [-0.05, 0) is 89.3 Å². The predicted octanol–water partition coefficient (Wildman–Crippen LogP) is 13.6. The molecule has 1 aromatic heterocycles. The van der Waals surface area contributed by atoms with Crippen molar-refractivity contribution in [2.75, 3.05) is 0 Å². The lowest BCUT2D eigenvalue weighted by Crippen LogP contribution is -2.37. The van der Waals surface area contributed by atoms with Crippen LogP contribution < -0.4 is 0 Å². The molecule has 2 aliphatic rings. The van der Waals surface area contributed by atoms with Gasteiger partial charge in [0.2, 0.25) is 0 Å². The summed E-state index contributed by atoms with van der Waals surface area (Å²) in [6.07, 6.45) is 1.88. The molecule has 1 heterocycles. The fourth-order valence-electron chi connectivity index (χ4n) is 11.1. The summed E-state index contributed by atoms with van der Waals surface area (Å²) >= 11 is 0. The monoisotopic (exact) mass is 763 g/mol. The molecule has 0 amide bonds. The van der Waals surface area contributed by atoms with Crippen molar-refractivity contribution in [3.8, 4) is 44.5 Å². The van der Waals surface area contributed by atoms with Gasteiger partial charge < -0.3 is 0 Å². The van der Waals surface area contributed by atoms with Gasteiger partial charge in [0.1, 0.15) is 10.8 Å². The van der Waals surface area contributed by atoms with Crippen LogP contribution in [-0.4, -0.2) is 10.8 Å². The highest BCUT2D eigenvalue weighted by molar-refractivity contribution is 6.29. The van der Waals surface area contributed by atoms with Gasteiger partial charge in [0, 0.05) is 17.0 Å². The van der Waals surface area contributed by atoms with E-state index in [1.165, 1.54) is 0 Å². The molecule has 9 aromatic carbocycles. The van der Waals surface area contributed by atoms with E-state index in [0.29, 0.717) is 0 Å². The van der Waals surface area contributed by atoms with Crippen molar-refractivity contribution in [1.82, 2.24) is 4.98 Å². The molecule has 0 unspecified atom stereocenters. The lowest BCUT2D eigenvalue weighted by molar-refractivity contribution is -0.122. The van der Waals surface area contributed by atoms with E-state index in [1.54, 1.807) is 0 Å². The Morgan fingerprint density at radius 2 is 0.633 bits per heavy atom. The average Bonchev–Trinajstić information content (AvgIpc) is 3.72. The van der Waals surface area contributed by atoms with Crippen LogP contribution in [0.2, 0.25) is 0 Å². The first-order valence-corrected chi connectivity index (χ1v) is 20.7. The Kier molecular flexibility index (Phi) is 7.55. The number of pyridine rings is 1. The molecular weight excluding hydrogens is 727 g/mol. The number of fused-ring (bicyclic) bond motifs is 13. The number of benzene rings is 9. The van der Waals surface area contributed by atoms with Crippen LogP contribution in [0, 0.1) is 0 Å².